The van der Waals surface area contributed by atoms with Crippen molar-refractivity contribution >= 4 is 37.0 Å². The van der Waals surface area contributed by atoms with Crippen LogP contribution in [0.3, 0.4) is 0 Å². The summed E-state index contributed by atoms with van der Waals surface area (Å²) in [6.45, 7) is 0. The molecule has 0 spiro atoms. The number of sulfone groups is 1. The summed E-state index contributed by atoms with van der Waals surface area (Å²) in [5, 5.41) is 4.14. The second-order valence-electron chi connectivity index (χ2n) is 13.9. The van der Waals surface area contributed by atoms with Crippen LogP contribution in [0, 0.1) is 0 Å². The van der Waals surface area contributed by atoms with Crippen molar-refractivity contribution in [1.29, 1.82) is 0 Å². The summed E-state index contributed by atoms with van der Waals surface area (Å²) >= 11 is 0. The summed E-state index contributed by atoms with van der Waals surface area (Å²) in [5.74, 6) is 1.73. The fourth-order valence-electron chi connectivity index (χ4n) is 8.13. The van der Waals surface area contributed by atoms with E-state index in [1.807, 2.05) is 72.8 Å². The lowest BCUT2D eigenvalue weighted by Crippen LogP contribution is -2.11. The molecule has 0 radical (unpaired) electrons. The Hall–Kier alpha value is -6.24. The topological polar surface area (TPSA) is 72.8 Å². The molecule has 0 bridgehead atoms. The molecule has 1 aliphatic heterocycles. The molecule has 2 heterocycles. The van der Waals surface area contributed by atoms with Gasteiger partial charge in [0.2, 0.25) is 9.84 Å². The first-order valence-electron chi connectivity index (χ1n) is 18.0. The highest BCUT2D eigenvalue weighted by Gasteiger charge is 2.38. The van der Waals surface area contributed by atoms with Gasteiger partial charge in [-0.05, 0) is 63.2 Å². The zero-order valence-electron chi connectivity index (χ0n) is 28.7. The average Bonchev–Trinajstić information content (AvgIpc) is 3.47. The first-order chi connectivity index (χ1) is 26.0. The summed E-state index contributed by atoms with van der Waals surface area (Å²) < 4.78 is 29.1. The van der Waals surface area contributed by atoms with Crippen LogP contribution in [-0.2, 0) is 9.84 Å². The van der Waals surface area contributed by atoms with E-state index in [1.165, 1.54) is 0 Å². The fraction of sp³-hybridized carbons (Fsp3) is 0.0851. The minimum atomic E-state index is -3.79. The van der Waals surface area contributed by atoms with E-state index in [4.69, 9.17) is 15.0 Å². The molecule has 0 saturated carbocycles. The zero-order chi connectivity index (χ0) is 35.5. The molecule has 0 N–H and O–H groups in total. The van der Waals surface area contributed by atoms with Crippen molar-refractivity contribution in [2.45, 2.75) is 34.5 Å². The van der Waals surface area contributed by atoms with Gasteiger partial charge in [-0.15, -0.1) is 0 Å². The molecule has 5 nitrogen and oxygen atoms in total. The Labute approximate surface area is 308 Å². The highest BCUT2D eigenvalue weighted by Crippen LogP contribution is 2.51. The number of nitrogens with zero attached hydrogens (tertiary/aromatic N) is 3. The molecule has 0 saturated heterocycles. The van der Waals surface area contributed by atoms with E-state index in [0.29, 0.717) is 33.7 Å². The van der Waals surface area contributed by atoms with Crippen molar-refractivity contribution in [3.05, 3.63) is 181 Å². The molecule has 7 aromatic rings. The number of rotatable bonds is 5. The molecule has 6 heteroatoms. The third-order valence-electron chi connectivity index (χ3n) is 10.7. The highest BCUT2D eigenvalue weighted by molar-refractivity contribution is 7.92. The Bertz CT molecular complexity index is 2870. The molecule has 2 aliphatic carbocycles. The number of aromatic nitrogens is 3. The third-order valence-corrected chi connectivity index (χ3v) is 12.6. The van der Waals surface area contributed by atoms with Gasteiger partial charge in [0.25, 0.3) is 0 Å². The van der Waals surface area contributed by atoms with E-state index >= 15 is 0 Å². The van der Waals surface area contributed by atoms with Crippen LogP contribution in [0.15, 0.2) is 174 Å². The van der Waals surface area contributed by atoms with Crippen LogP contribution in [0.1, 0.15) is 41.9 Å². The van der Waals surface area contributed by atoms with Crippen molar-refractivity contribution in [3.8, 4) is 33.6 Å². The first-order valence-corrected chi connectivity index (χ1v) is 19.5. The predicted molar refractivity (Wildman–Crippen MR) is 213 cm³/mol. The van der Waals surface area contributed by atoms with Crippen molar-refractivity contribution in [1.82, 2.24) is 15.0 Å². The van der Waals surface area contributed by atoms with Gasteiger partial charge in [-0.3, -0.25) is 0 Å². The summed E-state index contributed by atoms with van der Waals surface area (Å²) in [4.78, 5) is 16.0. The fourth-order valence-corrected chi connectivity index (χ4v) is 10.1. The quantitative estimate of drug-likeness (QED) is 0.167. The molecule has 254 valence electrons. The highest BCUT2D eigenvalue weighted by atomic mass is 32.2. The summed E-state index contributed by atoms with van der Waals surface area (Å²) in [5.41, 5.74) is 6.33. The van der Waals surface area contributed by atoms with Crippen molar-refractivity contribution in [3.63, 3.8) is 0 Å². The van der Waals surface area contributed by atoms with E-state index < -0.39 is 9.84 Å². The smallest absolute Gasteiger partial charge is 0.208 e. The van der Waals surface area contributed by atoms with Crippen molar-refractivity contribution in [2.75, 3.05) is 0 Å². The van der Waals surface area contributed by atoms with E-state index in [0.717, 1.165) is 66.9 Å². The van der Waals surface area contributed by atoms with Crippen LogP contribution in [0.4, 0.5) is 0 Å². The van der Waals surface area contributed by atoms with Crippen LogP contribution in [-0.4, -0.2) is 23.4 Å². The number of hydrogen-bond donors (Lipinski definition) is 0. The molecule has 2 unspecified atom stereocenters. The summed E-state index contributed by atoms with van der Waals surface area (Å²) in [6.07, 6.45) is 16.2. The Kier molecular flexibility index (Phi) is 7.41. The molecular formula is C47H33N3O2S. The lowest BCUT2D eigenvalue weighted by atomic mass is 9.86. The van der Waals surface area contributed by atoms with Crippen LogP contribution >= 0.6 is 0 Å². The van der Waals surface area contributed by atoms with E-state index in [-0.39, 0.29) is 11.8 Å². The molecule has 6 aromatic carbocycles. The van der Waals surface area contributed by atoms with Gasteiger partial charge in [0, 0.05) is 34.1 Å². The molecule has 3 aliphatic rings. The van der Waals surface area contributed by atoms with Crippen LogP contribution in [0.2, 0.25) is 0 Å². The molecular weight excluding hydrogens is 671 g/mol. The van der Waals surface area contributed by atoms with Crippen molar-refractivity contribution < 1.29 is 8.42 Å². The van der Waals surface area contributed by atoms with Gasteiger partial charge in [0.15, 0.2) is 11.6 Å². The Morgan fingerprint density at radius 2 is 1.36 bits per heavy atom. The van der Waals surface area contributed by atoms with Gasteiger partial charge in [-0.25, -0.2) is 23.4 Å². The average molecular weight is 704 g/mol. The third kappa shape index (κ3) is 5.29. The van der Waals surface area contributed by atoms with Gasteiger partial charge in [0.1, 0.15) is 5.82 Å². The Morgan fingerprint density at radius 3 is 2.25 bits per heavy atom. The van der Waals surface area contributed by atoms with Crippen molar-refractivity contribution in [2.24, 2.45) is 0 Å². The summed E-state index contributed by atoms with van der Waals surface area (Å²) in [6, 6.07) is 40.7. The van der Waals surface area contributed by atoms with Crippen LogP contribution in [0.25, 0.3) is 60.8 Å². The Balaban J connectivity index is 1.10. The maximum absolute atomic E-state index is 14.5. The molecule has 2 atom stereocenters. The lowest BCUT2D eigenvalue weighted by Gasteiger charge is -2.20. The predicted octanol–water partition coefficient (Wildman–Crippen LogP) is 11.1. The van der Waals surface area contributed by atoms with Gasteiger partial charge < -0.3 is 0 Å². The van der Waals surface area contributed by atoms with E-state index in [9.17, 15) is 8.42 Å². The minimum absolute atomic E-state index is 0.0220. The first kappa shape index (κ1) is 31.5. The maximum Gasteiger partial charge on any atom is 0.208 e. The monoisotopic (exact) mass is 703 g/mol. The van der Waals surface area contributed by atoms with Gasteiger partial charge in [-0.2, -0.15) is 0 Å². The largest absolute Gasteiger partial charge is 0.218 e. The minimum Gasteiger partial charge on any atom is -0.218 e. The van der Waals surface area contributed by atoms with Gasteiger partial charge in [-0.1, -0.05) is 152 Å². The van der Waals surface area contributed by atoms with Gasteiger partial charge in [0.05, 0.1) is 9.79 Å². The molecule has 10 rings (SSSR count). The lowest BCUT2D eigenvalue weighted by molar-refractivity contribution is 0.597. The second-order valence-corrected chi connectivity index (χ2v) is 15.7. The zero-order valence-corrected chi connectivity index (χ0v) is 29.5. The van der Waals surface area contributed by atoms with E-state index in [1.54, 1.807) is 6.07 Å². The molecule has 1 aromatic heterocycles. The number of hydrogen-bond acceptors (Lipinski definition) is 5. The second kappa shape index (κ2) is 12.5. The molecule has 0 amide bonds. The SMILES string of the molecule is O=S1(=O)c2ccc3ccc4ccccc4c3c2-c2cccc(C3C=C(c4nc(-c5cccc(-c6ccccc6)c5)nc(C5C=CC=CC5)n4)C=CC3)c21. The van der Waals surface area contributed by atoms with Crippen LogP contribution in [0.5, 0.6) is 0 Å². The standard InChI is InChI=1S/C47H33N3O2S/c51-53(52)41-27-26-32-25-24-31-14-7-8-21-38(31)42(32)43(41)40-23-11-22-39(44(40)53)35-18-10-20-37(29-35)47-49-45(33-15-5-2-6-16-33)48-46(50-47)36-19-9-17-34(28-36)30-12-3-1-4-13-30/h1-15,17,19-29,33,35H,16,18H2. The van der Waals surface area contributed by atoms with Gasteiger partial charge >= 0.3 is 0 Å². The Morgan fingerprint density at radius 1 is 0.604 bits per heavy atom. The molecule has 0 fully saturated rings. The number of fused-ring (bicyclic) bond motifs is 7. The number of allylic oxidation sites excluding steroid dienone is 8. The molecule has 53 heavy (non-hydrogen) atoms. The summed E-state index contributed by atoms with van der Waals surface area (Å²) in [7, 11) is -3.79. The van der Waals surface area contributed by atoms with E-state index in [2.05, 4.69) is 85.0 Å². The van der Waals surface area contributed by atoms with Crippen LogP contribution < -0.4 is 0 Å². The normalized spacial score (nSPS) is 18.2. The maximum atomic E-state index is 14.5. The number of benzene rings is 6.